The predicted molar refractivity (Wildman–Crippen MR) is 118 cm³/mol. The highest BCUT2D eigenvalue weighted by atomic mass is 32.2. The number of carbonyl (C=O) groups is 2. The van der Waals surface area contributed by atoms with Crippen LogP contribution in [0.2, 0.25) is 0 Å². The van der Waals surface area contributed by atoms with Gasteiger partial charge in [0.25, 0.3) is 11.5 Å². The normalized spacial score (nSPS) is 11.1. The van der Waals surface area contributed by atoms with E-state index in [1.807, 2.05) is 0 Å². The molecule has 0 bridgehead atoms. The molecule has 0 radical (unpaired) electrons. The van der Waals surface area contributed by atoms with Gasteiger partial charge in [0.1, 0.15) is 17.2 Å². The molecule has 3 heterocycles. The molecule has 17 heteroatoms. The number of nitrogens with one attached hydrogen (secondary N) is 2. The third kappa shape index (κ3) is 5.58. The quantitative estimate of drug-likeness (QED) is 0.0920. The summed E-state index contributed by atoms with van der Waals surface area (Å²) in [6, 6.07) is 6.47. The minimum atomic E-state index is -1.07. The highest BCUT2D eigenvalue weighted by Crippen LogP contribution is 2.20. The van der Waals surface area contributed by atoms with E-state index < -0.39 is 18.5 Å². The van der Waals surface area contributed by atoms with Crippen LogP contribution in [-0.4, -0.2) is 65.2 Å². The minimum Gasteiger partial charge on any atom is -0.482 e. The lowest BCUT2D eigenvalue weighted by molar-refractivity contribution is -0.669. The van der Waals surface area contributed by atoms with E-state index in [1.54, 1.807) is 42.2 Å². The summed E-state index contributed by atoms with van der Waals surface area (Å²) < 4.78 is 12.8. The third-order valence-corrected chi connectivity index (χ3v) is 5.40. The molecule has 1 amide bonds. The summed E-state index contributed by atoms with van der Waals surface area (Å²) in [4.78, 5) is 23.4. The molecule has 0 atom stereocenters. The zero-order valence-electron chi connectivity index (χ0n) is 18.0. The number of hydrogen-bond acceptors (Lipinski definition) is 12. The molecule has 0 spiro atoms. The number of nitrogen functional groups attached to an aromatic ring is 1. The Morgan fingerprint density at radius 1 is 1.37 bits per heavy atom. The number of carboxylic acids is 1. The molecule has 35 heavy (non-hydrogen) atoms. The van der Waals surface area contributed by atoms with Crippen LogP contribution >= 0.6 is 11.8 Å². The number of anilines is 1. The van der Waals surface area contributed by atoms with Gasteiger partial charge in [-0.3, -0.25) is 4.79 Å². The van der Waals surface area contributed by atoms with Crippen molar-refractivity contribution >= 4 is 35.7 Å². The van der Waals surface area contributed by atoms with E-state index in [0.29, 0.717) is 22.2 Å². The van der Waals surface area contributed by atoms with Gasteiger partial charge in [-0.1, -0.05) is 11.8 Å². The minimum absolute atomic E-state index is 0.00400. The van der Waals surface area contributed by atoms with Crippen molar-refractivity contribution in [2.24, 2.45) is 12.1 Å². The fourth-order valence-corrected chi connectivity index (χ4v) is 3.60. The molecule has 0 unspecified atom stereocenters. The van der Waals surface area contributed by atoms with Gasteiger partial charge in [0.15, 0.2) is 17.5 Å². The van der Waals surface area contributed by atoms with E-state index in [2.05, 4.69) is 46.0 Å². The third-order valence-electron chi connectivity index (χ3n) is 4.36. The van der Waals surface area contributed by atoms with Gasteiger partial charge in [0.05, 0.1) is 12.0 Å². The Morgan fingerprint density at radius 2 is 2.17 bits per heavy atom. The number of thioether (sulfide) groups is 1. The van der Waals surface area contributed by atoms with Crippen molar-refractivity contribution in [3.63, 3.8) is 0 Å². The van der Waals surface area contributed by atoms with E-state index in [1.165, 1.54) is 22.7 Å². The molecule has 0 aliphatic heterocycles. The van der Waals surface area contributed by atoms with Gasteiger partial charge in [0.2, 0.25) is 0 Å². The van der Waals surface area contributed by atoms with Gasteiger partial charge in [-0.25, -0.2) is 10.2 Å². The van der Waals surface area contributed by atoms with Crippen molar-refractivity contribution < 1.29 is 28.7 Å². The number of nitrogens with two attached hydrogens (primary N) is 1. The van der Waals surface area contributed by atoms with E-state index in [4.69, 9.17) is 15.6 Å². The van der Waals surface area contributed by atoms with Crippen molar-refractivity contribution in [1.82, 2.24) is 40.8 Å². The number of carboxylic acid groups (broad SMARTS) is 1. The number of hydrogen-bond donors (Lipinski definition) is 4. The summed E-state index contributed by atoms with van der Waals surface area (Å²) in [5.41, 5.74) is 9.30. The predicted octanol–water partition coefficient (Wildman–Crippen LogP) is -0.700. The fraction of sp³-hybridized carbons (Fsp3) is 0.167. The first-order chi connectivity index (χ1) is 16.9. The van der Waals surface area contributed by atoms with Crippen molar-refractivity contribution in [2.75, 3.05) is 12.3 Å². The SMILES string of the molecule is Cn1cnnc1SCc1c(C(=O)NN=Cc2ccc(OCC(=O)O)cc2)n[nH][n+]1-c1nonc1N. The zero-order chi connectivity index (χ0) is 24.8. The van der Waals surface area contributed by atoms with Crippen LogP contribution in [0.4, 0.5) is 5.82 Å². The van der Waals surface area contributed by atoms with Crippen LogP contribution in [0.5, 0.6) is 5.75 Å². The number of amides is 1. The van der Waals surface area contributed by atoms with Crippen LogP contribution in [0.25, 0.3) is 5.82 Å². The van der Waals surface area contributed by atoms with Gasteiger partial charge >= 0.3 is 17.7 Å². The number of hydrazone groups is 1. The number of ether oxygens (including phenoxy) is 1. The van der Waals surface area contributed by atoms with E-state index >= 15 is 0 Å². The van der Waals surface area contributed by atoms with Crippen LogP contribution in [0.1, 0.15) is 21.7 Å². The molecule has 0 aliphatic carbocycles. The van der Waals surface area contributed by atoms with Crippen LogP contribution < -0.4 is 20.6 Å². The maximum atomic E-state index is 12.8. The highest BCUT2D eigenvalue weighted by Gasteiger charge is 2.30. The monoisotopic (exact) mass is 500 g/mol. The average molecular weight is 500 g/mol. The number of nitrogens with zero attached hydrogens (tertiary/aromatic N) is 8. The smallest absolute Gasteiger partial charge is 0.377 e. The summed E-state index contributed by atoms with van der Waals surface area (Å²) in [5, 5.41) is 35.1. The first-order valence-corrected chi connectivity index (χ1v) is 10.7. The molecule has 16 nitrogen and oxygen atoms in total. The first kappa shape index (κ1) is 23.4. The van der Waals surface area contributed by atoms with Crippen LogP contribution in [0.3, 0.4) is 0 Å². The molecule has 0 fully saturated rings. The Bertz CT molecular complexity index is 1360. The number of carbonyl (C=O) groups excluding carboxylic acids is 1. The Labute approximate surface area is 200 Å². The van der Waals surface area contributed by atoms with Crippen molar-refractivity contribution in [1.29, 1.82) is 0 Å². The molecule has 180 valence electrons. The largest absolute Gasteiger partial charge is 0.482 e. The topological polar surface area (TPSA) is 216 Å². The number of aromatic nitrogens is 8. The second-order valence-electron chi connectivity index (χ2n) is 6.78. The summed E-state index contributed by atoms with van der Waals surface area (Å²) >= 11 is 1.31. The maximum Gasteiger partial charge on any atom is 0.377 e. The zero-order valence-corrected chi connectivity index (χ0v) is 18.8. The van der Waals surface area contributed by atoms with Crippen molar-refractivity contribution in [3.05, 3.63) is 47.5 Å². The van der Waals surface area contributed by atoms with Crippen LogP contribution in [-0.2, 0) is 17.6 Å². The van der Waals surface area contributed by atoms with E-state index in [-0.39, 0.29) is 23.1 Å². The van der Waals surface area contributed by atoms with Gasteiger partial charge in [-0.05, 0) is 40.1 Å². The van der Waals surface area contributed by atoms with E-state index in [0.717, 1.165) is 0 Å². The molecule has 5 N–H and O–H groups in total. The van der Waals surface area contributed by atoms with Crippen LogP contribution in [0, 0.1) is 0 Å². The van der Waals surface area contributed by atoms with Gasteiger partial charge in [-0.15, -0.1) is 20.1 Å². The number of aromatic amines is 1. The van der Waals surface area contributed by atoms with Crippen molar-refractivity contribution in [3.8, 4) is 11.6 Å². The molecule has 0 saturated carbocycles. The van der Waals surface area contributed by atoms with Gasteiger partial charge < -0.3 is 20.1 Å². The lowest BCUT2D eigenvalue weighted by Gasteiger charge is -2.03. The summed E-state index contributed by atoms with van der Waals surface area (Å²) in [6.45, 7) is -0.444. The van der Waals surface area contributed by atoms with Crippen molar-refractivity contribution in [2.45, 2.75) is 10.9 Å². The number of H-pyrrole nitrogens is 1. The lowest BCUT2D eigenvalue weighted by atomic mass is 10.2. The molecule has 3 aromatic heterocycles. The lowest BCUT2D eigenvalue weighted by Crippen LogP contribution is -2.38. The fourth-order valence-electron chi connectivity index (χ4n) is 2.72. The second-order valence-corrected chi connectivity index (χ2v) is 7.72. The molecule has 1 aromatic carbocycles. The Hall–Kier alpha value is -4.80. The Morgan fingerprint density at radius 3 is 2.83 bits per heavy atom. The summed E-state index contributed by atoms with van der Waals surface area (Å²) in [5.74, 6) is -0.889. The molecular formula is C18H18N11O5S+. The summed E-state index contributed by atoms with van der Waals surface area (Å²) in [7, 11) is 1.79. The molecule has 4 rings (SSSR count). The first-order valence-electron chi connectivity index (χ1n) is 9.75. The Kier molecular flexibility index (Phi) is 6.96. The van der Waals surface area contributed by atoms with E-state index in [9.17, 15) is 9.59 Å². The second kappa shape index (κ2) is 10.4. The maximum absolute atomic E-state index is 12.8. The Balaban J connectivity index is 1.48. The summed E-state index contributed by atoms with van der Waals surface area (Å²) in [6.07, 6.45) is 2.96. The average Bonchev–Trinajstić information content (AvgIpc) is 3.56. The van der Waals surface area contributed by atoms with Crippen LogP contribution in [0.15, 0.2) is 45.5 Å². The highest BCUT2D eigenvalue weighted by molar-refractivity contribution is 7.98. The number of rotatable bonds is 10. The molecule has 4 aromatic rings. The molecule has 0 saturated heterocycles. The molecular weight excluding hydrogens is 482 g/mol. The molecule has 0 aliphatic rings. The van der Waals surface area contributed by atoms with Gasteiger partial charge in [0, 0.05) is 7.05 Å². The number of benzene rings is 1. The standard InChI is InChI=1S/C18H17N11O5S/c1-28-9-21-24-18(28)35-8-12-14(22-27-29(12)16-15(19)25-34-26-16)17(32)23-20-6-10-2-4-11(5-3-10)33-7-13(30)31/h2-6,9H,7-8H2,1H3,(H4,19,23,25,30,31,32)/p+1. The van der Waals surface area contributed by atoms with Gasteiger partial charge in [-0.2, -0.15) is 9.73 Å². The number of aliphatic carboxylic acids is 1. The number of aryl methyl sites for hydroxylation is 1.